The summed E-state index contributed by atoms with van der Waals surface area (Å²) in [4.78, 5) is 11.9. The first-order valence-corrected chi connectivity index (χ1v) is 7.74. The first kappa shape index (κ1) is 17.4. The molecule has 1 aromatic rings. The number of aliphatic hydroxyl groups excluding tert-OH is 1. The van der Waals surface area contributed by atoms with Crippen LogP contribution < -0.4 is 25.4 Å². The summed E-state index contributed by atoms with van der Waals surface area (Å²) < 4.78 is 10.4. The zero-order valence-corrected chi connectivity index (χ0v) is 13.6. The van der Waals surface area contributed by atoms with Gasteiger partial charge < -0.3 is 30.5 Å². The first-order valence-electron chi connectivity index (χ1n) is 7.74. The molecule has 0 bridgehead atoms. The molecule has 0 saturated carbocycles. The lowest BCUT2D eigenvalue weighted by molar-refractivity contribution is 0.0827. The molecule has 1 aliphatic rings. The van der Waals surface area contributed by atoms with E-state index in [9.17, 15) is 9.90 Å². The highest BCUT2D eigenvalue weighted by atomic mass is 16.5. The average molecular weight is 323 g/mol. The summed E-state index contributed by atoms with van der Waals surface area (Å²) in [6, 6.07) is 5.22. The normalized spacial score (nSPS) is 20.7. The number of benzene rings is 1. The third kappa shape index (κ3) is 5.30. The van der Waals surface area contributed by atoms with Crippen molar-refractivity contribution in [3.8, 4) is 11.5 Å². The minimum absolute atomic E-state index is 0.0962. The van der Waals surface area contributed by atoms with Crippen LogP contribution in [0.1, 0.15) is 12.0 Å². The van der Waals surface area contributed by atoms with Gasteiger partial charge in [-0.1, -0.05) is 0 Å². The average Bonchev–Trinajstić information content (AvgIpc) is 2.58. The number of amides is 2. The van der Waals surface area contributed by atoms with Crippen LogP contribution in [0.3, 0.4) is 0 Å². The molecule has 0 spiro atoms. The van der Waals surface area contributed by atoms with Gasteiger partial charge in [0, 0.05) is 31.6 Å². The van der Waals surface area contributed by atoms with Crippen LogP contribution in [0.25, 0.3) is 0 Å². The van der Waals surface area contributed by atoms with Gasteiger partial charge in [0.1, 0.15) is 11.5 Å². The van der Waals surface area contributed by atoms with Crippen molar-refractivity contribution in [1.29, 1.82) is 0 Å². The molecule has 2 rings (SSSR count). The predicted octanol–water partition coefficient (Wildman–Crippen LogP) is 0.473. The Morgan fingerprint density at radius 1 is 1.26 bits per heavy atom. The highest BCUT2D eigenvalue weighted by molar-refractivity contribution is 5.73. The van der Waals surface area contributed by atoms with Gasteiger partial charge in [-0.15, -0.1) is 0 Å². The summed E-state index contributed by atoms with van der Waals surface area (Å²) in [5, 5.41) is 18.6. The maximum absolute atomic E-state index is 11.9. The molecule has 2 atom stereocenters. The number of ether oxygens (including phenoxy) is 2. The van der Waals surface area contributed by atoms with E-state index in [0.29, 0.717) is 31.1 Å². The van der Waals surface area contributed by atoms with Crippen LogP contribution in [-0.2, 0) is 6.54 Å². The number of urea groups is 1. The van der Waals surface area contributed by atoms with Crippen LogP contribution in [0.15, 0.2) is 18.2 Å². The summed E-state index contributed by atoms with van der Waals surface area (Å²) in [6.07, 6.45) is 0.445. The zero-order valence-electron chi connectivity index (χ0n) is 13.6. The third-order valence-corrected chi connectivity index (χ3v) is 3.98. The van der Waals surface area contributed by atoms with Crippen LogP contribution in [0.2, 0.25) is 0 Å². The van der Waals surface area contributed by atoms with Gasteiger partial charge in [-0.3, -0.25) is 0 Å². The molecular weight excluding hydrogens is 298 g/mol. The Bertz CT molecular complexity index is 502. The molecule has 2 amide bonds. The Morgan fingerprint density at radius 3 is 2.57 bits per heavy atom. The SMILES string of the molecule is COc1cc(CNC(=O)NC[C@@H]2CCNC[C@H]2O)cc(OC)c1. The fourth-order valence-corrected chi connectivity index (χ4v) is 2.57. The van der Waals surface area contributed by atoms with Crippen molar-refractivity contribution in [3.63, 3.8) is 0 Å². The van der Waals surface area contributed by atoms with Gasteiger partial charge in [0.15, 0.2) is 0 Å². The molecule has 1 aliphatic heterocycles. The summed E-state index contributed by atoms with van der Waals surface area (Å²) in [7, 11) is 3.17. The van der Waals surface area contributed by atoms with Crippen LogP contribution in [0, 0.1) is 5.92 Å². The largest absolute Gasteiger partial charge is 0.497 e. The highest BCUT2D eigenvalue weighted by Crippen LogP contribution is 2.22. The second kappa shape index (κ2) is 8.59. The Hall–Kier alpha value is -1.99. The molecular formula is C16H25N3O4. The maximum Gasteiger partial charge on any atom is 0.315 e. The smallest absolute Gasteiger partial charge is 0.315 e. The lowest BCUT2D eigenvalue weighted by Crippen LogP contribution is -2.47. The standard InChI is InChI=1S/C16H25N3O4/c1-22-13-5-11(6-14(7-13)23-2)8-18-16(21)19-9-12-3-4-17-10-15(12)20/h5-7,12,15,17,20H,3-4,8-10H2,1-2H3,(H2,18,19,21)/t12-,15+/m0/s1. The van der Waals surface area contributed by atoms with E-state index in [1.54, 1.807) is 20.3 Å². The van der Waals surface area contributed by atoms with E-state index in [1.807, 2.05) is 12.1 Å². The summed E-state index contributed by atoms with van der Waals surface area (Å²) in [5.41, 5.74) is 0.887. The van der Waals surface area contributed by atoms with Gasteiger partial charge in [0.2, 0.25) is 0 Å². The minimum atomic E-state index is -0.410. The number of hydrogen-bond donors (Lipinski definition) is 4. The fraction of sp³-hybridized carbons (Fsp3) is 0.562. The Balaban J connectivity index is 1.79. The van der Waals surface area contributed by atoms with Crippen LogP contribution >= 0.6 is 0 Å². The Kier molecular flexibility index (Phi) is 6.49. The molecule has 0 radical (unpaired) electrons. The van der Waals surface area contributed by atoms with E-state index in [-0.39, 0.29) is 11.9 Å². The number of methoxy groups -OCH3 is 2. The van der Waals surface area contributed by atoms with Crippen molar-refractivity contribution in [1.82, 2.24) is 16.0 Å². The van der Waals surface area contributed by atoms with Gasteiger partial charge in [0.25, 0.3) is 0 Å². The van der Waals surface area contributed by atoms with Crippen molar-refractivity contribution >= 4 is 6.03 Å². The molecule has 1 saturated heterocycles. The molecule has 23 heavy (non-hydrogen) atoms. The zero-order chi connectivity index (χ0) is 16.7. The number of β-amino-alcohol motifs (C(OH)–C–C–N with tert-alkyl or cyclic N) is 1. The van der Waals surface area contributed by atoms with Crippen LogP contribution in [-0.4, -0.2) is 51.1 Å². The molecule has 7 nitrogen and oxygen atoms in total. The first-order chi connectivity index (χ1) is 11.1. The number of nitrogens with one attached hydrogen (secondary N) is 3. The summed E-state index contributed by atoms with van der Waals surface area (Å²) in [6.45, 7) is 2.29. The molecule has 4 N–H and O–H groups in total. The quantitative estimate of drug-likeness (QED) is 0.611. The van der Waals surface area contributed by atoms with E-state index < -0.39 is 6.10 Å². The molecule has 0 aromatic heterocycles. The van der Waals surface area contributed by atoms with E-state index in [4.69, 9.17) is 9.47 Å². The third-order valence-electron chi connectivity index (χ3n) is 3.98. The molecule has 1 fully saturated rings. The monoisotopic (exact) mass is 323 g/mol. The van der Waals surface area contributed by atoms with Crippen molar-refractivity contribution in [3.05, 3.63) is 23.8 Å². The van der Waals surface area contributed by atoms with Crippen molar-refractivity contribution in [2.45, 2.75) is 19.1 Å². The topological polar surface area (TPSA) is 91.9 Å². The van der Waals surface area contributed by atoms with Gasteiger partial charge >= 0.3 is 6.03 Å². The van der Waals surface area contributed by atoms with Crippen LogP contribution in [0.4, 0.5) is 4.79 Å². The molecule has 128 valence electrons. The minimum Gasteiger partial charge on any atom is -0.497 e. The second-order valence-corrected chi connectivity index (χ2v) is 5.60. The molecule has 1 aromatic carbocycles. The van der Waals surface area contributed by atoms with Gasteiger partial charge in [-0.25, -0.2) is 4.79 Å². The Labute approximate surface area is 136 Å². The highest BCUT2D eigenvalue weighted by Gasteiger charge is 2.22. The van der Waals surface area contributed by atoms with E-state index in [2.05, 4.69) is 16.0 Å². The molecule has 7 heteroatoms. The number of carbonyl (C=O) groups is 1. The van der Waals surface area contributed by atoms with Crippen molar-refractivity contribution in [2.75, 3.05) is 33.9 Å². The number of hydrogen-bond acceptors (Lipinski definition) is 5. The number of aliphatic hydroxyl groups is 1. The molecule has 0 aliphatic carbocycles. The lowest BCUT2D eigenvalue weighted by atomic mass is 9.95. The van der Waals surface area contributed by atoms with Crippen molar-refractivity contribution < 1.29 is 19.4 Å². The van der Waals surface area contributed by atoms with E-state index in [0.717, 1.165) is 18.5 Å². The fourth-order valence-electron chi connectivity index (χ4n) is 2.57. The molecule has 0 unspecified atom stereocenters. The molecule has 1 heterocycles. The summed E-state index contributed by atoms with van der Waals surface area (Å²) in [5.74, 6) is 1.46. The van der Waals surface area contributed by atoms with Gasteiger partial charge in [0.05, 0.1) is 20.3 Å². The lowest BCUT2D eigenvalue weighted by Gasteiger charge is -2.28. The van der Waals surface area contributed by atoms with Gasteiger partial charge in [-0.05, 0) is 30.7 Å². The van der Waals surface area contributed by atoms with Crippen molar-refractivity contribution in [2.24, 2.45) is 5.92 Å². The number of rotatable bonds is 6. The number of carbonyl (C=O) groups excluding carboxylic acids is 1. The van der Waals surface area contributed by atoms with E-state index in [1.165, 1.54) is 0 Å². The second-order valence-electron chi connectivity index (χ2n) is 5.60. The van der Waals surface area contributed by atoms with Gasteiger partial charge in [-0.2, -0.15) is 0 Å². The Morgan fingerprint density at radius 2 is 1.96 bits per heavy atom. The van der Waals surface area contributed by atoms with Crippen LogP contribution in [0.5, 0.6) is 11.5 Å². The number of piperidine rings is 1. The summed E-state index contributed by atoms with van der Waals surface area (Å²) >= 11 is 0. The maximum atomic E-state index is 11.9. The van der Waals surface area contributed by atoms with E-state index >= 15 is 0 Å². The predicted molar refractivity (Wildman–Crippen MR) is 86.8 cm³/mol.